The molecule has 3 nitrogen and oxygen atoms in total. The lowest BCUT2D eigenvalue weighted by Crippen LogP contribution is -2.24. The van der Waals surface area contributed by atoms with E-state index in [1.54, 1.807) is 11.3 Å². The summed E-state index contributed by atoms with van der Waals surface area (Å²) in [7, 11) is -2.94. The average Bonchev–Trinajstić information content (AvgIpc) is 2.61. The van der Waals surface area contributed by atoms with Crippen molar-refractivity contribution in [3.05, 3.63) is 29.6 Å². The SMILES string of the molecule is CC(CS(C)(=O)=O)Nc1ccc2sccc2c1. The van der Waals surface area contributed by atoms with Crippen LogP contribution in [0, 0.1) is 0 Å². The summed E-state index contributed by atoms with van der Waals surface area (Å²) in [6.07, 6.45) is 1.26. The van der Waals surface area contributed by atoms with Gasteiger partial charge in [0.2, 0.25) is 0 Å². The lowest BCUT2D eigenvalue weighted by atomic mass is 10.2. The smallest absolute Gasteiger partial charge is 0.149 e. The maximum Gasteiger partial charge on any atom is 0.149 e. The highest BCUT2D eigenvalue weighted by molar-refractivity contribution is 7.90. The first kappa shape index (κ1) is 12.4. The molecule has 2 aromatic rings. The summed E-state index contributed by atoms with van der Waals surface area (Å²) >= 11 is 1.70. The molecule has 0 saturated carbocycles. The van der Waals surface area contributed by atoms with Gasteiger partial charge in [-0.25, -0.2) is 8.42 Å². The highest BCUT2D eigenvalue weighted by Gasteiger charge is 2.10. The predicted molar refractivity (Wildman–Crippen MR) is 74.6 cm³/mol. The van der Waals surface area contributed by atoms with Gasteiger partial charge < -0.3 is 5.32 Å². The van der Waals surface area contributed by atoms with E-state index in [1.165, 1.54) is 16.3 Å². The third-order valence-electron chi connectivity index (χ3n) is 2.42. The van der Waals surface area contributed by atoms with Crippen molar-refractivity contribution in [3.63, 3.8) is 0 Å². The molecule has 0 amide bonds. The van der Waals surface area contributed by atoms with Crippen LogP contribution in [0.15, 0.2) is 29.6 Å². The standard InChI is InChI=1S/C12H15NO2S2/c1-9(8-17(2,14)15)13-11-3-4-12-10(7-11)5-6-16-12/h3-7,9,13H,8H2,1-2H3. The van der Waals surface area contributed by atoms with E-state index >= 15 is 0 Å². The second-order valence-electron chi connectivity index (χ2n) is 4.31. The first-order valence-electron chi connectivity index (χ1n) is 5.35. The van der Waals surface area contributed by atoms with Crippen LogP contribution in [0.4, 0.5) is 5.69 Å². The van der Waals surface area contributed by atoms with Gasteiger partial charge in [-0.15, -0.1) is 11.3 Å². The molecule has 5 heteroatoms. The molecule has 0 radical (unpaired) electrons. The summed E-state index contributed by atoms with van der Waals surface area (Å²) in [5, 5.41) is 6.44. The van der Waals surface area contributed by atoms with Crippen LogP contribution in [0.5, 0.6) is 0 Å². The van der Waals surface area contributed by atoms with Crippen LogP contribution in [0.25, 0.3) is 10.1 Å². The number of fused-ring (bicyclic) bond motifs is 1. The molecule has 0 aliphatic heterocycles. The molecule has 1 heterocycles. The number of sulfone groups is 1. The third kappa shape index (κ3) is 3.44. The van der Waals surface area contributed by atoms with Gasteiger partial charge in [-0.05, 0) is 42.0 Å². The highest BCUT2D eigenvalue weighted by Crippen LogP contribution is 2.24. The van der Waals surface area contributed by atoms with Crippen LogP contribution in [0.3, 0.4) is 0 Å². The number of thiophene rings is 1. The molecule has 0 bridgehead atoms. The van der Waals surface area contributed by atoms with Crippen molar-refractivity contribution in [2.75, 3.05) is 17.3 Å². The lowest BCUT2D eigenvalue weighted by molar-refractivity contribution is 0.598. The molecule has 1 aromatic heterocycles. The molecule has 1 N–H and O–H groups in total. The largest absolute Gasteiger partial charge is 0.382 e. The molecule has 2 rings (SSSR count). The molecule has 0 fully saturated rings. The first-order chi connectivity index (χ1) is 7.94. The molecule has 1 aromatic carbocycles. The van der Waals surface area contributed by atoms with E-state index < -0.39 is 9.84 Å². The lowest BCUT2D eigenvalue weighted by Gasteiger charge is -2.14. The summed E-state index contributed by atoms with van der Waals surface area (Å²) in [6, 6.07) is 8.06. The van der Waals surface area contributed by atoms with Crippen LogP contribution in [0.1, 0.15) is 6.92 Å². The summed E-state index contributed by atoms with van der Waals surface area (Å²) in [5.41, 5.74) is 0.965. The van der Waals surface area contributed by atoms with Gasteiger partial charge in [-0.1, -0.05) is 0 Å². The Morgan fingerprint density at radius 2 is 2.12 bits per heavy atom. The van der Waals surface area contributed by atoms with Crippen LogP contribution in [-0.2, 0) is 9.84 Å². The third-order valence-corrected chi connectivity index (χ3v) is 4.42. The number of hydrogen-bond acceptors (Lipinski definition) is 4. The molecule has 0 aliphatic rings. The van der Waals surface area contributed by atoms with E-state index in [4.69, 9.17) is 0 Å². The van der Waals surface area contributed by atoms with E-state index in [2.05, 4.69) is 17.4 Å². The molecule has 0 saturated heterocycles. The minimum Gasteiger partial charge on any atom is -0.382 e. The van der Waals surface area contributed by atoms with E-state index in [1.807, 2.05) is 24.4 Å². The number of rotatable bonds is 4. The Labute approximate surface area is 105 Å². The number of nitrogens with one attached hydrogen (secondary N) is 1. The van der Waals surface area contributed by atoms with Crippen LogP contribution < -0.4 is 5.32 Å². The fraction of sp³-hybridized carbons (Fsp3) is 0.333. The summed E-state index contributed by atoms with van der Waals surface area (Å²) in [4.78, 5) is 0. The van der Waals surface area contributed by atoms with Gasteiger partial charge >= 0.3 is 0 Å². The normalized spacial score (nSPS) is 13.8. The number of anilines is 1. The highest BCUT2D eigenvalue weighted by atomic mass is 32.2. The zero-order chi connectivity index (χ0) is 12.5. The van der Waals surface area contributed by atoms with E-state index in [0.29, 0.717) is 0 Å². The van der Waals surface area contributed by atoms with Crippen LogP contribution in [-0.4, -0.2) is 26.5 Å². The van der Waals surface area contributed by atoms with Crippen molar-refractivity contribution in [2.24, 2.45) is 0 Å². The Balaban J connectivity index is 2.12. The second-order valence-corrected chi connectivity index (χ2v) is 7.44. The van der Waals surface area contributed by atoms with Crippen LogP contribution in [0.2, 0.25) is 0 Å². The van der Waals surface area contributed by atoms with E-state index in [-0.39, 0.29) is 11.8 Å². The Morgan fingerprint density at radius 3 is 2.82 bits per heavy atom. The molecule has 1 atom stereocenters. The van der Waals surface area contributed by atoms with Crippen molar-refractivity contribution in [1.82, 2.24) is 0 Å². The minimum atomic E-state index is -2.94. The Morgan fingerprint density at radius 1 is 1.35 bits per heavy atom. The molecule has 0 aliphatic carbocycles. The second kappa shape index (κ2) is 4.66. The molecule has 0 spiro atoms. The van der Waals surface area contributed by atoms with Crippen molar-refractivity contribution >= 4 is 36.9 Å². The Kier molecular flexibility index (Phi) is 3.40. The molecule has 1 unspecified atom stereocenters. The summed E-state index contributed by atoms with van der Waals surface area (Å²) in [5.74, 6) is 0.147. The number of hydrogen-bond donors (Lipinski definition) is 1. The maximum absolute atomic E-state index is 11.2. The van der Waals surface area contributed by atoms with Gasteiger partial charge in [-0.2, -0.15) is 0 Å². The zero-order valence-electron chi connectivity index (χ0n) is 9.80. The topological polar surface area (TPSA) is 46.2 Å². The minimum absolute atomic E-state index is 0.0823. The zero-order valence-corrected chi connectivity index (χ0v) is 11.4. The Hall–Kier alpha value is -1.07. The van der Waals surface area contributed by atoms with Gasteiger partial charge in [-0.3, -0.25) is 0 Å². The fourth-order valence-electron chi connectivity index (χ4n) is 1.84. The van der Waals surface area contributed by atoms with Crippen molar-refractivity contribution in [3.8, 4) is 0 Å². The van der Waals surface area contributed by atoms with Crippen molar-refractivity contribution < 1.29 is 8.42 Å². The van der Waals surface area contributed by atoms with Gasteiger partial charge in [0.15, 0.2) is 0 Å². The van der Waals surface area contributed by atoms with E-state index in [9.17, 15) is 8.42 Å². The molecular weight excluding hydrogens is 254 g/mol. The van der Waals surface area contributed by atoms with Crippen molar-refractivity contribution in [1.29, 1.82) is 0 Å². The quantitative estimate of drug-likeness (QED) is 0.928. The molecule has 92 valence electrons. The van der Waals surface area contributed by atoms with E-state index in [0.717, 1.165) is 5.69 Å². The van der Waals surface area contributed by atoms with Crippen molar-refractivity contribution in [2.45, 2.75) is 13.0 Å². The van der Waals surface area contributed by atoms with Gasteiger partial charge in [0.25, 0.3) is 0 Å². The monoisotopic (exact) mass is 269 g/mol. The summed E-state index contributed by atoms with van der Waals surface area (Å²) < 4.78 is 23.6. The number of benzene rings is 1. The molecular formula is C12H15NO2S2. The van der Waals surface area contributed by atoms with Gasteiger partial charge in [0, 0.05) is 22.7 Å². The van der Waals surface area contributed by atoms with Gasteiger partial charge in [0.1, 0.15) is 9.84 Å². The van der Waals surface area contributed by atoms with Gasteiger partial charge in [0.05, 0.1) is 5.75 Å². The molecule has 17 heavy (non-hydrogen) atoms. The Bertz CT molecular complexity index is 616. The average molecular weight is 269 g/mol. The first-order valence-corrected chi connectivity index (χ1v) is 8.29. The predicted octanol–water partition coefficient (Wildman–Crippen LogP) is 2.75. The fourth-order valence-corrected chi connectivity index (χ4v) is 3.60. The van der Waals surface area contributed by atoms with Crippen LogP contribution >= 0.6 is 11.3 Å². The maximum atomic E-state index is 11.2. The summed E-state index contributed by atoms with van der Waals surface area (Å²) in [6.45, 7) is 1.87.